The highest BCUT2D eigenvalue weighted by atomic mass is 19.2. The zero-order chi connectivity index (χ0) is 9.84. The molecule has 2 nitrogen and oxygen atoms in total. The maximum absolute atomic E-state index is 12.7. The van der Waals surface area contributed by atoms with Gasteiger partial charge in [0.05, 0.1) is 6.61 Å². The summed E-state index contributed by atoms with van der Waals surface area (Å²) >= 11 is 0. The van der Waals surface area contributed by atoms with E-state index in [2.05, 4.69) is 0 Å². The van der Waals surface area contributed by atoms with E-state index in [9.17, 15) is 8.78 Å². The summed E-state index contributed by atoms with van der Waals surface area (Å²) in [6.07, 6.45) is 0. The van der Waals surface area contributed by atoms with Crippen molar-refractivity contribution in [3.05, 3.63) is 35.4 Å². The Balaban J connectivity index is 2.95. The molecule has 0 spiro atoms. The maximum Gasteiger partial charge on any atom is 0.159 e. The van der Waals surface area contributed by atoms with Crippen molar-refractivity contribution in [3.8, 4) is 0 Å². The molecule has 0 saturated heterocycles. The van der Waals surface area contributed by atoms with Gasteiger partial charge >= 0.3 is 0 Å². The van der Waals surface area contributed by atoms with Crippen molar-refractivity contribution in [2.24, 2.45) is 5.73 Å². The van der Waals surface area contributed by atoms with Gasteiger partial charge in [0.15, 0.2) is 11.6 Å². The molecule has 3 N–H and O–H groups in total. The van der Waals surface area contributed by atoms with Crippen molar-refractivity contribution in [2.45, 2.75) is 5.92 Å². The van der Waals surface area contributed by atoms with Gasteiger partial charge in [-0.1, -0.05) is 6.07 Å². The molecule has 0 bridgehead atoms. The van der Waals surface area contributed by atoms with Gasteiger partial charge in [0.25, 0.3) is 0 Å². The van der Waals surface area contributed by atoms with Crippen LogP contribution >= 0.6 is 0 Å². The molecule has 0 aromatic heterocycles. The molecule has 0 heterocycles. The van der Waals surface area contributed by atoms with E-state index in [-0.39, 0.29) is 19.1 Å². The third-order valence-electron chi connectivity index (χ3n) is 1.92. The standard InChI is InChI=1S/C9H11F2NO/c10-8-2-1-6(3-9(8)11)7(4-12)5-13/h1-3,7,13H,4-5,12H2. The van der Waals surface area contributed by atoms with E-state index in [0.717, 1.165) is 12.1 Å². The van der Waals surface area contributed by atoms with E-state index in [4.69, 9.17) is 10.8 Å². The second-order valence-corrected chi connectivity index (χ2v) is 2.79. The average Bonchev–Trinajstić information content (AvgIpc) is 2.13. The van der Waals surface area contributed by atoms with E-state index in [1.807, 2.05) is 0 Å². The number of benzene rings is 1. The number of hydrogen-bond acceptors (Lipinski definition) is 2. The number of halogens is 2. The predicted molar refractivity (Wildman–Crippen MR) is 45.2 cm³/mol. The van der Waals surface area contributed by atoms with Gasteiger partial charge in [0.1, 0.15) is 0 Å². The fraction of sp³-hybridized carbons (Fsp3) is 0.333. The van der Waals surface area contributed by atoms with E-state index in [1.165, 1.54) is 6.07 Å². The monoisotopic (exact) mass is 187 g/mol. The van der Waals surface area contributed by atoms with Crippen LogP contribution in [0.1, 0.15) is 11.5 Å². The lowest BCUT2D eigenvalue weighted by atomic mass is 10.0. The largest absolute Gasteiger partial charge is 0.396 e. The summed E-state index contributed by atoms with van der Waals surface area (Å²) in [7, 11) is 0. The Bertz CT molecular complexity index is 287. The molecule has 1 unspecified atom stereocenters. The van der Waals surface area contributed by atoms with Crippen LogP contribution < -0.4 is 5.73 Å². The van der Waals surface area contributed by atoms with Crippen LogP contribution in [-0.4, -0.2) is 18.3 Å². The number of nitrogens with two attached hydrogens (primary N) is 1. The molecule has 0 aliphatic rings. The molecule has 1 aromatic rings. The van der Waals surface area contributed by atoms with Crippen LogP contribution in [0.4, 0.5) is 8.78 Å². The minimum Gasteiger partial charge on any atom is -0.396 e. The van der Waals surface area contributed by atoms with Crippen LogP contribution in [0, 0.1) is 11.6 Å². The zero-order valence-electron chi connectivity index (χ0n) is 7.00. The molecule has 72 valence electrons. The van der Waals surface area contributed by atoms with Gasteiger partial charge in [-0.15, -0.1) is 0 Å². The first kappa shape index (κ1) is 10.1. The number of aliphatic hydroxyl groups is 1. The molecular weight excluding hydrogens is 176 g/mol. The highest BCUT2D eigenvalue weighted by Gasteiger charge is 2.10. The highest BCUT2D eigenvalue weighted by Crippen LogP contribution is 2.16. The number of hydrogen-bond donors (Lipinski definition) is 2. The topological polar surface area (TPSA) is 46.2 Å². The quantitative estimate of drug-likeness (QED) is 0.741. The fourth-order valence-corrected chi connectivity index (χ4v) is 1.08. The molecule has 0 saturated carbocycles. The molecular formula is C9H11F2NO. The van der Waals surface area contributed by atoms with Gasteiger partial charge in [-0.05, 0) is 17.7 Å². The first-order valence-corrected chi connectivity index (χ1v) is 3.95. The highest BCUT2D eigenvalue weighted by molar-refractivity contribution is 5.22. The van der Waals surface area contributed by atoms with Crippen molar-refractivity contribution < 1.29 is 13.9 Å². The zero-order valence-corrected chi connectivity index (χ0v) is 7.00. The van der Waals surface area contributed by atoms with Crippen molar-refractivity contribution in [2.75, 3.05) is 13.2 Å². The van der Waals surface area contributed by atoms with Gasteiger partial charge in [0.2, 0.25) is 0 Å². The first-order valence-electron chi connectivity index (χ1n) is 3.95. The van der Waals surface area contributed by atoms with Crippen molar-refractivity contribution in [1.82, 2.24) is 0 Å². The Hall–Kier alpha value is -1.00. The minimum atomic E-state index is -0.913. The summed E-state index contributed by atoms with van der Waals surface area (Å²) in [6.45, 7) is 0.0448. The van der Waals surface area contributed by atoms with Crippen LogP contribution in [0.5, 0.6) is 0 Å². The molecule has 1 atom stereocenters. The van der Waals surface area contributed by atoms with Gasteiger partial charge in [0, 0.05) is 12.5 Å². The fourth-order valence-electron chi connectivity index (χ4n) is 1.08. The second kappa shape index (κ2) is 4.30. The summed E-state index contributed by atoms with van der Waals surface area (Å²) < 4.78 is 25.2. The lowest BCUT2D eigenvalue weighted by Gasteiger charge is -2.11. The van der Waals surface area contributed by atoms with E-state index in [0.29, 0.717) is 5.56 Å². The lowest BCUT2D eigenvalue weighted by molar-refractivity contribution is 0.267. The van der Waals surface area contributed by atoms with E-state index < -0.39 is 11.6 Å². The van der Waals surface area contributed by atoms with Crippen LogP contribution in [0.2, 0.25) is 0 Å². The summed E-state index contributed by atoms with van der Waals surface area (Å²) in [5.41, 5.74) is 5.84. The Morgan fingerprint density at radius 3 is 2.46 bits per heavy atom. The molecule has 1 aromatic carbocycles. The Kier molecular flexibility index (Phi) is 3.33. The summed E-state index contributed by atoms with van der Waals surface area (Å²) in [5.74, 6) is -2.13. The van der Waals surface area contributed by atoms with Gasteiger partial charge < -0.3 is 10.8 Å². The molecule has 13 heavy (non-hydrogen) atoms. The van der Waals surface area contributed by atoms with E-state index >= 15 is 0 Å². The molecule has 0 radical (unpaired) electrons. The maximum atomic E-state index is 12.7. The van der Waals surface area contributed by atoms with Crippen LogP contribution in [0.25, 0.3) is 0 Å². The Labute approximate surface area is 75.0 Å². The molecule has 0 aliphatic carbocycles. The van der Waals surface area contributed by atoms with Crippen molar-refractivity contribution in [1.29, 1.82) is 0 Å². The second-order valence-electron chi connectivity index (χ2n) is 2.79. The van der Waals surface area contributed by atoms with Crippen molar-refractivity contribution in [3.63, 3.8) is 0 Å². The van der Waals surface area contributed by atoms with Crippen LogP contribution in [0.15, 0.2) is 18.2 Å². The molecule has 0 aliphatic heterocycles. The predicted octanol–water partition coefficient (Wildman–Crippen LogP) is 0.999. The summed E-state index contributed by atoms with van der Waals surface area (Å²) in [5, 5.41) is 8.84. The van der Waals surface area contributed by atoms with Gasteiger partial charge in [-0.3, -0.25) is 0 Å². The van der Waals surface area contributed by atoms with Gasteiger partial charge in [-0.2, -0.15) is 0 Å². The molecule has 1 rings (SSSR count). The van der Waals surface area contributed by atoms with E-state index in [1.54, 1.807) is 0 Å². The number of rotatable bonds is 3. The van der Waals surface area contributed by atoms with Gasteiger partial charge in [-0.25, -0.2) is 8.78 Å². The third kappa shape index (κ3) is 2.23. The number of aliphatic hydroxyl groups excluding tert-OH is 1. The summed E-state index contributed by atoms with van der Waals surface area (Å²) in [6, 6.07) is 3.51. The SMILES string of the molecule is NCC(CO)c1ccc(F)c(F)c1. The molecule has 0 amide bonds. The average molecular weight is 187 g/mol. The van der Waals surface area contributed by atoms with Crippen LogP contribution in [0.3, 0.4) is 0 Å². The minimum absolute atomic E-state index is 0.165. The first-order chi connectivity index (χ1) is 6.19. The Morgan fingerprint density at radius 1 is 1.31 bits per heavy atom. The molecule has 4 heteroatoms. The summed E-state index contributed by atoms with van der Waals surface area (Å²) in [4.78, 5) is 0. The van der Waals surface area contributed by atoms with Crippen LogP contribution in [-0.2, 0) is 0 Å². The van der Waals surface area contributed by atoms with Crippen molar-refractivity contribution >= 4 is 0 Å². The third-order valence-corrected chi connectivity index (χ3v) is 1.92. The smallest absolute Gasteiger partial charge is 0.159 e. The Morgan fingerprint density at radius 2 is 2.00 bits per heavy atom. The molecule has 0 fully saturated rings. The normalized spacial score (nSPS) is 12.9. The lowest BCUT2D eigenvalue weighted by Crippen LogP contribution is -2.16.